The van der Waals surface area contributed by atoms with Crippen LogP contribution >= 0.6 is 7.82 Å². The predicted octanol–water partition coefficient (Wildman–Crippen LogP) is 12.4. The van der Waals surface area contributed by atoms with Gasteiger partial charge in [0, 0.05) is 18.4 Å². The number of ether oxygens (including phenoxy) is 3. The van der Waals surface area contributed by atoms with Gasteiger partial charge in [-0.05, 0) is 70.1 Å². The van der Waals surface area contributed by atoms with E-state index in [4.69, 9.17) is 23.3 Å². The molecule has 1 aromatic carbocycles. The fourth-order valence-corrected chi connectivity index (χ4v) is 8.18. The van der Waals surface area contributed by atoms with Crippen LogP contribution in [0.4, 0.5) is 0 Å². The molecule has 1 aliphatic heterocycles. The maximum atomic E-state index is 13.1. The highest BCUT2D eigenvalue weighted by Gasteiger charge is 2.38. The first-order valence-electron chi connectivity index (χ1n) is 22.3. The quantitative estimate of drug-likeness (QED) is 0.0401. The van der Waals surface area contributed by atoms with Crippen molar-refractivity contribution in [3.63, 3.8) is 0 Å². The lowest BCUT2D eigenvalue weighted by atomic mass is 9.87. The zero-order valence-electron chi connectivity index (χ0n) is 36.2. The Kier molecular flexibility index (Phi) is 25.3. The zero-order chi connectivity index (χ0) is 41.2. The van der Waals surface area contributed by atoms with Gasteiger partial charge in [-0.1, -0.05) is 142 Å². The van der Waals surface area contributed by atoms with E-state index < -0.39 is 38.1 Å². The highest BCUT2D eigenvalue weighted by atomic mass is 31.2. The monoisotopic (exact) mass is 811 g/mol. The van der Waals surface area contributed by atoms with Gasteiger partial charge in [0.15, 0.2) is 6.10 Å². The number of carbonyl (C=O) groups is 2. The third kappa shape index (κ3) is 20.5. The first kappa shape index (κ1) is 50.0. The van der Waals surface area contributed by atoms with E-state index in [1.807, 2.05) is 20.8 Å². The Morgan fingerprint density at radius 2 is 1.14 bits per heavy atom. The minimum atomic E-state index is -4.61. The minimum absolute atomic E-state index is 0.209. The number of esters is 2. The van der Waals surface area contributed by atoms with Crippen molar-refractivity contribution >= 4 is 19.8 Å². The van der Waals surface area contributed by atoms with Crippen molar-refractivity contribution in [1.82, 2.24) is 0 Å². The Morgan fingerprint density at radius 3 is 1.64 bits per heavy atom. The van der Waals surface area contributed by atoms with Gasteiger partial charge in [0.1, 0.15) is 23.7 Å². The van der Waals surface area contributed by atoms with Gasteiger partial charge in [-0.3, -0.25) is 18.6 Å². The molecule has 1 aromatic rings. The van der Waals surface area contributed by atoms with E-state index in [2.05, 4.69) is 13.8 Å². The van der Waals surface area contributed by atoms with Crippen LogP contribution in [0.25, 0.3) is 0 Å². The van der Waals surface area contributed by atoms with Crippen molar-refractivity contribution in [3.8, 4) is 11.5 Å². The van der Waals surface area contributed by atoms with Crippen molar-refractivity contribution in [2.24, 2.45) is 0 Å². The second-order valence-corrected chi connectivity index (χ2v) is 17.9. The molecule has 11 heteroatoms. The smallest absolute Gasteiger partial charge is 0.472 e. The van der Waals surface area contributed by atoms with E-state index in [1.165, 1.54) is 96.3 Å². The molecule has 0 saturated carbocycles. The van der Waals surface area contributed by atoms with Gasteiger partial charge in [-0.25, -0.2) is 4.57 Å². The van der Waals surface area contributed by atoms with Crippen LogP contribution in [0.2, 0.25) is 0 Å². The van der Waals surface area contributed by atoms with Gasteiger partial charge in [-0.15, -0.1) is 0 Å². The molecule has 2 N–H and O–H groups in total. The highest BCUT2D eigenvalue weighted by molar-refractivity contribution is 7.47. The number of rotatable bonds is 33. The van der Waals surface area contributed by atoms with Crippen LogP contribution < -0.4 is 4.74 Å². The summed E-state index contributed by atoms with van der Waals surface area (Å²) in [4.78, 5) is 36.1. The highest BCUT2D eigenvalue weighted by Crippen LogP contribution is 2.47. The summed E-state index contributed by atoms with van der Waals surface area (Å²) in [5.41, 5.74) is 2.31. The van der Waals surface area contributed by atoms with Gasteiger partial charge in [0.2, 0.25) is 0 Å². The molecule has 0 radical (unpaired) electrons. The topological polar surface area (TPSA) is 138 Å². The molecular formula is C45H79O10P. The molecular weight excluding hydrogens is 731 g/mol. The summed E-state index contributed by atoms with van der Waals surface area (Å²) in [6.07, 6.45) is 26.3. The maximum Gasteiger partial charge on any atom is 0.472 e. The molecule has 56 heavy (non-hydrogen) atoms. The van der Waals surface area contributed by atoms with Crippen LogP contribution in [-0.2, 0) is 39.1 Å². The van der Waals surface area contributed by atoms with Gasteiger partial charge < -0.3 is 24.2 Å². The number of carbonyl (C=O) groups excluding carboxylic acids is 2. The Hall–Kier alpha value is -2.13. The second kappa shape index (κ2) is 28.3. The minimum Gasteiger partial charge on any atom is -0.507 e. The molecule has 0 fully saturated rings. The third-order valence-electron chi connectivity index (χ3n) is 11.2. The van der Waals surface area contributed by atoms with E-state index in [1.54, 1.807) is 6.92 Å². The first-order valence-corrected chi connectivity index (χ1v) is 23.8. The van der Waals surface area contributed by atoms with E-state index in [0.717, 1.165) is 60.8 Å². The van der Waals surface area contributed by atoms with E-state index >= 15 is 0 Å². The lowest BCUT2D eigenvalue weighted by molar-refractivity contribution is -0.161. The molecule has 3 atom stereocenters. The van der Waals surface area contributed by atoms with Gasteiger partial charge in [0.25, 0.3) is 0 Å². The summed E-state index contributed by atoms with van der Waals surface area (Å²) >= 11 is 0. The number of fused-ring (bicyclic) bond motifs is 1. The Bertz CT molecular complexity index is 1320. The normalized spacial score (nSPS) is 16.8. The Labute approximate surface area is 340 Å². The molecule has 2 rings (SSSR count). The van der Waals surface area contributed by atoms with Crippen LogP contribution in [0.5, 0.6) is 11.5 Å². The number of hydrogen-bond donors (Lipinski definition) is 2. The van der Waals surface area contributed by atoms with Gasteiger partial charge >= 0.3 is 19.8 Å². The Morgan fingerprint density at radius 1 is 0.679 bits per heavy atom. The molecule has 0 amide bonds. The fraction of sp³-hybridized carbons (Fsp3) is 0.822. The number of phosphoric acid groups is 1. The standard InChI is InChI=1S/C45H79O10P/c1-7-9-11-13-15-17-19-21-23-25-27-29-41(46)51-33-39(54-42(47)30-28-26-24-22-20-18-16-14-12-10-8-2)34-52-56(49,50)53-35-45(6)32-31-40-38(5)43(48)36(3)37(4)44(40)55-45/h39,48H,7-35H2,1-6H3,(H,49,50). The summed E-state index contributed by atoms with van der Waals surface area (Å²) in [5.74, 6) is 0.0568. The third-order valence-corrected chi connectivity index (χ3v) is 12.2. The number of phenolic OH excluding ortho intramolecular Hbond substituents is 1. The molecule has 0 aromatic heterocycles. The molecule has 0 bridgehead atoms. The average molecular weight is 811 g/mol. The molecule has 0 spiro atoms. The molecule has 1 aliphatic rings. The molecule has 324 valence electrons. The molecule has 1 heterocycles. The van der Waals surface area contributed by atoms with Crippen LogP contribution in [-0.4, -0.2) is 53.5 Å². The summed E-state index contributed by atoms with van der Waals surface area (Å²) in [7, 11) is -4.61. The lowest BCUT2D eigenvalue weighted by Gasteiger charge is -2.37. The van der Waals surface area contributed by atoms with Crippen LogP contribution in [0.1, 0.15) is 204 Å². The van der Waals surface area contributed by atoms with Crippen molar-refractivity contribution in [2.75, 3.05) is 19.8 Å². The largest absolute Gasteiger partial charge is 0.507 e. The van der Waals surface area contributed by atoms with E-state index in [-0.39, 0.29) is 31.8 Å². The predicted molar refractivity (Wildman–Crippen MR) is 224 cm³/mol. The maximum absolute atomic E-state index is 13.1. The number of benzene rings is 1. The zero-order valence-corrected chi connectivity index (χ0v) is 37.1. The summed E-state index contributed by atoms with van der Waals surface area (Å²) in [6, 6.07) is 0. The van der Waals surface area contributed by atoms with Crippen molar-refractivity contribution < 1.29 is 47.4 Å². The van der Waals surface area contributed by atoms with Crippen LogP contribution in [0, 0.1) is 20.8 Å². The molecule has 0 saturated heterocycles. The van der Waals surface area contributed by atoms with Crippen molar-refractivity contribution in [2.45, 2.75) is 220 Å². The first-order chi connectivity index (χ1) is 26.8. The second-order valence-electron chi connectivity index (χ2n) is 16.5. The number of aromatic hydroxyl groups is 1. The molecule has 0 aliphatic carbocycles. The molecule has 3 unspecified atom stereocenters. The Balaban J connectivity index is 1.83. The average Bonchev–Trinajstić information content (AvgIpc) is 3.17. The number of phenols is 1. The number of hydrogen-bond acceptors (Lipinski definition) is 9. The molecule has 10 nitrogen and oxygen atoms in total. The summed E-state index contributed by atoms with van der Waals surface area (Å²) in [5, 5.41) is 10.5. The number of phosphoric ester groups is 1. The van der Waals surface area contributed by atoms with Crippen molar-refractivity contribution in [1.29, 1.82) is 0 Å². The fourth-order valence-electron chi connectivity index (χ4n) is 7.32. The van der Waals surface area contributed by atoms with Gasteiger partial charge in [-0.2, -0.15) is 0 Å². The summed E-state index contributed by atoms with van der Waals surface area (Å²) < 4.78 is 41.2. The van der Waals surface area contributed by atoms with Crippen molar-refractivity contribution in [3.05, 3.63) is 22.3 Å². The van der Waals surface area contributed by atoms with E-state index in [0.29, 0.717) is 25.0 Å². The van der Waals surface area contributed by atoms with Crippen LogP contribution in [0.3, 0.4) is 0 Å². The number of unbranched alkanes of at least 4 members (excludes halogenated alkanes) is 20. The SMILES string of the molecule is CCCCCCCCCCCCCC(=O)OCC(COP(=O)(O)OCC1(C)CCc2c(C)c(O)c(C)c(C)c2O1)OC(=O)CCCCCCCCCCCCC. The lowest BCUT2D eigenvalue weighted by Crippen LogP contribution is -2.41. The van der Waals surface area contributed by atoms with E-state index in [9.17, 15) is 24.2 Å². The van der Waals surface area contributed by atoms with Gasteiger partial charge in [0.05, 0.1) is 13.2 Å². The summed E-state index contributed by atoms with van der Waals surface area (Å²) in [6.45, 7) is 10.9. The van der Waals surface area contributed by atoms with Crippen LogP contribution in [0.15, 0.2) is 0 Å².